The maximum atomic E-state index is 11.8. The molecule has 0 spiro atoms. The Morgan fingerprint density at radius 1 is 1.57 bits per heavy atom. The zero-order chi connectivity index (χ0) is 15.1. The van der Waals surface area contributed by atoms with Crippen LogP contribution in [0.2, 0.25) is 0 Å². The molecule has 0 saturated carbocycles. The van der Waals surface area contributed by atoms with Gasteiger partial charge in [-0.2, -0.15) is 0 Å². The Bertz CT molecular complexity index is 553. The van der Waals surface area contributed by atoms with Crippen LogP contribution in [-0.4, -0.2) is 32.9 Å². The number of rotatable bonds is 8. The molecule has 2 aromatic rings. The van der Waals surface area contributed by atoms with Crippen molar-refractivity contribution in [2.45, 2.75) is 44.3 Å². The topological polar surface area (TPSA) is 70.7 Å². The van der Waals surface area contributed by atoms with Gasteiger partial charge in [-0.1, -0.05) is 31.2 Å². The van der Waals surface area contributed by atoms with Gasteiger partial charge < -0.3 is 5.32 Å². The lowest BCUT2D eigenvalue weighted by Gasteiger charge is -2.11. The van der Waals surface area contributed by atoms with Gasteiger partial charge in [0.2, 0.25) is 11.1 Å². The van der Waals surface area contributed by atoms with Gasteiger partial charge in [-0.05, 0) is 24.8 Å². The maximum Gasteiger partial charge on any atom is 0.230 e. The number of thioether (sulfide) groups is 1. The van der Waals surface area contributed by atoms with Crippen LogP contribution in [-0.2, 0) is 11.2 Å². The van der Waals surface area contributed by atoms with Crippen LogP contribution in [0.1, 0.15) is 37.4 Å². The number of nitrogens with zero attached hydrogens (tertiary/aromatic N) is 2. The van der Waals surface area contributed by atoms with Gasteiger partial charge in [0.05, 0.1) is 5.75 Å². The van der Waals surface area contributed by atoms with E-state index in [4.69, 9.17) is 0 Å². The van der Waals surface area contributed by atoms with Gasteiger partial charge in [-0.25, -0.2) is 4.98 Å². The van der Waals surface area contributed by atoms with Crippen LogP contribution in [0.25, 0.3) is 0 Å². The van der Waals surface area contributed by atoms with Gasteiger partial charge >= 0.3 is 0 Å². The first-order chi connectivity index (χ1) is 10.2. The minimum atomic E-state index is 0.0329. The van der Waals surface area contributed by atoms with E-state index in [1.165, 1.54) is 16.6 Å². The second kappa shape index (κ2) is 8.19. The molecule has 2 rings (SSSR count). The molecule has 2 N–H and O–H groups in total. The summed E-state index contributed by atoms with van der Waals surface area (Å²) in [4.78, 5) is 17.4. The molecule has 0 radical (unpaired) electrons. The Morgan fingerprint density at radius 3 is 3.14 bits per heavy atom. The van der Waals surface area contributed by atoms with Crippen LogP contribution >= 0.6 is 23.1 Å². The average Bonchev–Trinajstić information content (AvgIpc) is 3.09. The number of carbonyl (C=O) groups excluding carboxylic acids is 1. The highest BCUT2D eigenvalue weighted by Crippen LogP contribution is 2.16. The molecular formula is C14H20N4OS2. The molecule has 1 unspecified atom stereocenters. The van der Waals surface area contributed by atoms with E-state index < -0.39 is 0 Å². The molecule has 0 aliphatic heterocycles. The second-order valence-electron chi connectivity index (χ2n) is 4.87. The summed E-state index contributed by atoms with van der Waals surface area (Å²) >= 11 is 3.06. The molecule has 114 valence electrons. The number of H-pyrrole nitrogens is 1. The summed E-state index contributed by atoms with van der Waals surface area (Å²) in [6, 6.07) is 4.32. The fraction of sp³-hybridized carbons (Fsp3) is 0.500. The Morgan fingerprint density at radius 2 is 2.43 bits per heavy atom. The zero-order valence-electron chi connectivity index (χ0n) is 12.3. The lowest BCUT2D eigenvalue weighted by molar-refractivity contribution is -0.119. The number of amides is 1. The first-order valence-corrected chi connectivity index (χ1v) is 8.89. The van der Waals surface area contributed by atoms with Crippen LogP contribution in [0.4, 0.5) is 0 Å². The third-order valence-electron chi connectivity index (χ3n) is 2.89. The predicted molar refractivity (Wildman–Crippen MR) is 86.7 cm³/mol. The van der Waals surface area contributed by atoms with Gasteiger partial charge in [-0.15, -0.1) is 16.4 Å². The highest BCUT2D eigenvalue weighted by atomic mass is 32.2. The third kappa shape index (κ3) is 5.51. The molecule has 2 aromatic heterocycles. The van der Waals surface area contributed by atoms with Crippen molar-refractivity contribution < 1.29 is 4.79 Å². The van der Waals surface area contributed by atoms with E-state index in [1.807, 2.05) is 18.4 Å². The van der Waals surface area contributed by atoms with Crippen LogP contribution < -0.4 is 5.32 Å². The Kier molecular flexibility index (Phi) is 6.25. The van der Waals surface area contributed by atoms with Crippen molar-refractivity contribution in [1.82, 2.24) is 20.5 Å². The lowest BCUT2D eigenvalue weighted by Crippen LogP contribution is -2.33. The number of aromatic nitrogens is 3. The summed E-state index contributed by atoms with van der Waals surface area (Å²) in [5.41, 5.74) is 0. The Hall–Kier alpha value is -1.34. The Balaban J connectivity index is 1.76. The number of hydrogen-bond acceptors (Lipinski definition) is 5. The molecule has 1 atom stereocenters. The smallest absolute Gasteiger partial charge is 0.230 e. The largest absolute Gasteiger partial charge is 0.353 e. The van der Waals surface area contributed by atoms with E-state index in [2.05, 4.69) is 33.5 Å². The predicted octanol–water partition coefficient (Wildman–Crippen LogP) is 2.85. The van der Waals surface area contributed by atoms with Crippen molar-refractivity contribution >= 4 is 29.0 Å². The van der Waals surface area contributed by atoms with E-state index in [-0.39, 0.29) is 11.9 Å². The molecule has 7 heteroatoms. The molecule has 0 bridgehead atoms. The summed E-state index contributed by atoms with van der Waals surface area (Å²) in [6.07, 6.45) is 2.83. The van der Waals surface area contributed by atoms with E-state index in [0.717, 1.165) is 25.1 Å². The van der Waals surface area contributed by atoms with Gasteiger partial charge in [0.25, 0.3) is 0 Å². The molecule has 0 aliphatic carbocycles. The van der Waals surface area contributed by atoms with Gasteiger partial charge in [0, 0.05) is 17.3 Å². The van der Waals surface area contributed by atoms with E-state index in [1.54, 1.807) is 11.3 Å². The summed E-state index contributed by atoms with van der Waals surface area (Å²) in [6.45, 7) is 4.14. The van der Waals surface area contributed by atoms with Crippen LogP contribution in [0.3, 0.4) is 0 Å². The fourth-order valence-electron chi connectivity index (χ4n) is 1.95. The zero-order valence-corrected chi connectivity index (χ0v) is 13.9. The van der Waals surface area contributed by atoms with E-state index >= 15 is 0 Å². The first kappa shape index (κ1) is 16.0. The standard InChI is InChI=1S/C14H20N4OS2/c1-3-5-10(2)15-13(19)9-21-14-16-12(17-18-14)8-11-6-4-7-20-11/h4,6-7,10H,3,5,8-9H2,1-2H3,(H,15,19)(H,16,17,18). The monoisotopic (exact) mass is 324 g/mol. The summed E-state index contributed by atoms with van der Waals surface area (Å²) in [5.74, 6) is 1.22. The first-order valence-electron chi connectivity index (χ1n) is 7.03. The number of aromatic amines is 1. The highest BCUT2D eigenvalue weighted by molar-refractivity contribution is 7.99. The van der Waals surface area contributed by atoms with Crippen LogP contribution in [0.15, 0.2) is 22.7 Å². The summed E-state index contributed by atoms with van der Waals surface area (Å²) < 4.78 is 0. The normalized spacial score (nSPS) is 12.3. The maximum absolute atomic E-state index is 11.8. The number of nitrogens with one attached hydrogen (secondary N) is 2. The number of carbonyl (C=O) groups is 1. The minimum Gasteiger partial charge on any atom is -0.353 e. The molecule has 21 heavy (non-hydrogen) atoms. The van der Waals surface area contributed by atoms with Crippen molar-refractivity contribution in [2.75, 3.05) is 5.75 Å². The molecule has 0 aliphatic rings. The van der Waals surface area contributed by atoms with Gasteiger partial charge in [0.1, 0.15) is 5.82 Å². The minimum absolute atomic E-state index is 0.0329. The molecule has 0 aromatic carbocycles. The molecular weight excluding hydrogens is 304 g/mol. The fourth-order valence-corrected chi connectivity index (χ4v) is 3.29. The van der Waals surface area contributed by atoms with Crippen molar-refractivity contribution in [3.8, 4) is 0 Å². The van der Waals surface area contributed by atoms with Crippen molar-refractivity contribution in [2.24, 2.45) is 0 Å². The number of hydrogen-bond donors (Lipinski definition) is 2. The van der Waals surface area contributed by atoms with Crippen LogP contribution in [0.5, 0.6) is 0 Å². The van der Waals surface area contributed by atoms with Gasteiger partial charge in [-0.3, -0.25) is 9.89 Å². The number of thiophene rings is 1. The van der Waals surface area contributed by atoms with Crippen molar-refractivity contribution in [1.29, 1.82) is 0 Å². The third-order valence-corrected chi connectivity index (χ3v) is 4.62. The molecule has 1 amide bonds. The summed E-state index contributed by atoms with van der Waals surface area (Å²) in [7, 11) is 0. The molecule has 5 nitrogen and oxygen atoms in total. The summed E-state index contributed by atoms with van der Waals surface area (Å²) in [5, 5.41) is 12.7. The lowest BCUT2D eigenvalue weighted by atomic mass is 10.2. The molecule has 0 saturated heterocycles. The average molecular weight is 324 g/mol. The van der Waals surface area contributed by atoms with E-state index in [0.29, 0.717) is 10.9 Å². The van der Waals surface area contributed by atoms with Crippen LogP contribution in [0, 0.1) is 0 Å². The highest BCUT2D eigenvalue weighted by Gasteiger charge is 2.10. The van der Waals surface area contributed by atoms with Gasteiger partial charge in [0.15, 0.2) is 0 Å². The Labute approximate surface area is 132 Å². The second-order valence-corrected chi connectivity index (χ2v) is 6.84. The SMILES string of the molecule is CCCC(C)NC(=O)CSc1n[nH]c(Cc2cccs2)n1. The van der Waals surface area contributed by atoms with E-state index in [9.17, 15) is 4.79 Å². The molecule has 2 heterocycles. The molecule has 0 fully saturated rings. The van der Waals surface area contributed by atoms with Crippen molar-refractivity contribution in [3.63, 3.8) is 0 Å². The van der Waals surface area contributed by atoms with Crippen molar-refractivity contribution in [3.05, 3.63) is 28.2 Å². The quantitative estimate of drug-likeness (QED) is 0.733.